The normalized spacial score (nSPS) is 17.4. The Hall–Kier alpha value is -2.69. The third kappa shape index (κ3) is 3.00. The highest BCUT2D eigenvalue weighted by Crippen LogP contribution is 2.19. The predicted molar refractivity (Wildman–Crippen MR) is 69.3 cm³/mol. The van der Waals surface area contributed by atoms with Crippen LogP contribution >= 0.6 is 0 Å². The molecule has 0 amide bonds. The van der Waals surface area contributed by atoms with Crippen LogP contribution in [0.1, 0.15) is 17.3 Å². The Bertz CT molecular complexity index is 598. The van der Waals surface area contributed by atoms with E-state index in [2.05, 4.69) is 9.78 Å². The van der Waals surface area contributed by atoms with E-state index in [0.29, 0.717) is 5.57 Å². The quantitative estimate of drug-likeness (QED) is 0.468. The van der Waals surface area contributed by atoms with Crippen LogP contribution in [0.25, 0.3) is 0 Å². The number of hydrogen-bond donors (Lipinski definition) is 0. The third-order valence-corrected chi connectivity index (χ3v) is 2.80. The lowest BCUT2D eigenvalue weighted by Gasteiger charge is -2.14. The summed E-state index contributed by atoms with van der Waals surface area (Å²) in [5, 5.41) is 0. The van der Waals surface area contributed by atoms with E-state index in [1.165, 1.54) is 18.2 Å². The highest BCUT2D eigenvalue weighted by molar-refractivity contribution is 6.08. The van der Waals surface area contributed by atoms with Crippen molar-refractivity contribution in [3.63, 3.8) is 0 Å². The Morgan fingerprint density at radius 1 is 1.10 bits per heavy atom. The number of ketones is 1. The van der Waals surface area contributed by atoms with E-state index in [4.69, 9.17) is 0 Å². The van der Waals surface area contributed by atoms with Crippen molar-refractivity contribution < 1.29 is 24.2 Å². The van der Waals surface area contributed by atoms with Gasteiger partial charge in [0.15, 0.2) is 5.78 Å². The molecule has 0 aromatic heterocycles. The fraction of sp³-hybridized carbons (Fsp3) is 0.133. The van der Waals surface area contributed by atoms with Gasteiger partial charge in [-0.2, -0.15) is 0 Å². The molecule has 0 saturated carbocycles. The van der Waals surface area contributed by atoms with Crippen LogP contribution in [0.2, 0.25) is 0 Å². The van der Waals surface area contributed by atoms with Gasteiger partial charge >= 0.3 is 11.9 Å². The molecule has 0 heterocycles. The third-order valence-electron chi connectivity index (χ3n) is 2.80. The standard InChI is InChI=1S/C15H12O5/c1-10-6-5-9-12(16)13(10)15(18)20-19-14(17)11-7-3-2-4-8-11/h2-9,13H,1H3. The first-order valence-corrected chi connectivity index (χ1v) is 5.96. The van der Waals surface area contributed by atoms with Gasteiger partial charge in [0.25, 0.3) is 0 Å². The molecule has 0 N–H and O–H groups in total. The number of benzene rings is 1. The Morgan fingerprint density at radius 2 is 1.80 bits per heavy atom. The fourth-order valence-electron chi connectivity index (χ4n) is 1.76. The number of hydrogen-bond acceptors (Lipinski definition) is 5. The minimum Gasteiger partial charge on any atom is -0.294 e. The van der Waals surface area contributed by atoms with Gasteiger partial charge < -0.3 is 0 Å². The lowest BCUT2D eigenvalue weighted by atomic mass is 9.92. The van der Waals surface area contributed by atoms with Crippen LogP contribution in [0.5, 0.6) is 0 Å². The molecule has 0 saturated heterocycles. The molecule has 1 aliphatic carbocycles. The van der Waals surface area contributed by atoms with Crippen molar-refractivity contribution >= 4 is 17.7 Å². The van der Waals surface area contributed by atoms with E-state index in [1.54, 1.807) is 37.3 Å². The molecule has 5 nitrogen and oxygen atoms in total. The summed E-state index contributed by atoms with van der Waals surface area (Å²) in [6, 6.07) is 8.09. The zero-order valence-corrected chi connectivity index (χ0v) is 10.7. The molecule has 2 rings (SSSR count). The second-order valence-corrected chi connectivity index (χ2v) is 4.24. The van der Waals surface area contributed by atoms with Gasteiger partial charge in [-0.25, -0.2) is 19.4 Å². The summed E-state index contributed by atoms with van der Waals surface area (Å²) < 4.78 is 0. The van der Waals surface area contributed by atoms with Crippen LogP contribution < -0.4 is 0 Å². The van der Waals surface area contributed by atoms with Crippen molar-refractivity contribution in [1.29, 1.82) is 0 Å². The predicted octanol–water partition coefficient (Wildman–Crippen LogP) is 2.00. The average molecular weight is 272 g/mol. The van der Waals surface area contributed by atoms with Gasteiger partial charge in [0, 0.05) is 0 Å². The molecule has 1 aromatic rings. The van der Waals surface area contributed by atoms with Gasteiger partial charge in [-0.05, 0) is 25.1 Å². The Kier molecular flexibility index (Phi) is 4.10. The number of allylic oxidation sites excluding steroid dienone is 3. The smallest absolute Gasteiger partial charge is 0.294 e. The molecule has 1 aliphatic rings. The highest BCUT2D eigenvalue weighted by Gasteiger charge is 2.31. The van der Waals surface area contributed by atoms with Gasteiger partial charge in [-0.1, -0.05) is 35.9 Å². The van der Waals surface area contributed by atoms with Crippen LogP contribution in [0, 0.1) is 5.92 Å². The number of carbonyl (C=O) groups excluding carboxylic acids is 3. The lowest BCUT2D eigenvalue weighted by Crippen LogP contribution is -2.28. The molecule has 0 spiro atoms. The van der Waals surface area contributed by atoms with Gasteiger partial charge in [-0.15, -0.1) is 0 Å². The highest BCUT2D eigenvalue weighted by atomic mass is 17.2. The summed E-state index contributed by atoms with van der Waals surface area (Å²) in [4.78, 5) is 43.8. The van der Waals surface area contributed by atoms with Crippen molar-refractivity contribution in [2.24, 2.45) is 5.92 Å². The maximum atomic E-state index is 11.8. The molecular formula is C15H12O5. The molecule has 5 heteroatoms. The molecule has 0 bridgehead atoms. The average Bonchev–Trinajstić information content (AvgIpc) is 2.45. The van der Waals surface area contributed by atoms with Crippen molar-refractivity contribution in [1.82, 2.24) is 0 Å². The van der Waals surface area contributed by atoms with Crippen molar-refractivity contribution in [2.75, 3.05) is 0 Å². The van der Waals surface area contributed by atoms with Crippen LogP contribution in [-0.4, -0.2) is 17.7 Å². The van der Waals surface area contributed by atoms with E-state index >= 15 is 0 Å². The molecule has 0 aliphatic heterocycles. The number of carbonyl (C=O) groups is 3. The van der Waals surface area contributed by atoms with Gasteiger partial charge in [0.2, 0.25) is 0 Å². The summed E-state index contributed by atoms with van der Waals surface area (Å²) >= 11 is 0. The zero-order valence-electron chi connectivity index (χ0n) is 10.7. The van der Waals surface area contributed by atoms with E-state index in [0.717, 1.165) is 0 Å². The molecule has 1 aromatic carbocycles. The summed E-state index contributed by atoms with van der Waals surface area (Å²) in [7, 11) is 0. The number of rotatable bonds is 2. The first-order valence-electron chi connectivity index (χ1n) is 5.96. The summed E-state index contributed by atoms with van der Waals surface area (Å²) in [5.74, 6) is -3.15. The van der Waals surface area contributed by atoms with E-state index in [1.807, 2.05) is 0 Å². The first kappa shape index (κ1) is 13.7. The molecule has 0 fully saturated rings. The second kappa shape index (κ2) is 5.97. The Labute approximate surface area is 115 Å². The van der Waals surface area contributed by atoms with E-state index in [9.17, 15) is 14.4 Å². The molecule has 0 radical (unpaired) electrons. The summed E-state index contributed by atoms with van der Waals surface area (Å²) in [5.41, 5.74) is 0.792. The SMILES string of the molecule is CC1=CC=CC(=O)C1C(=O)OOC(=O)c1ccccc1. The monoisotopic (exact) mass is 272 g/mol. The minimum absolute atomic E-state index is 0.252. The van der Waals surface area contributed by atoms with Crippen molar-refractivity contribution in [3.8, 4) is 0 Å². The zero-order chi connectivity index (χ0) is 14.5. The molecule has 1 unspecified atom stereocenters. The Morgan fingerprint density at radius 3 is 2.45 bits per heavy atom. The molecule has 20 heavy (non-hydrogen) atoms. The van der Waals surface area contributed by atoms with Gasteiger partial charge in [0.1, 0.15) is 5.92 Å². The summed E-state index contributed by atoms with van der Waals surface area (Å²) in [6.45, 7) is 1.63. The molecular weight excluding hydrogens is 260 g/mol. The van der Waals surface area contributed by atoms with Crippen LogP contribution in [0.4, 0.5) is 0 Å². The lowest BCUT2D eigenvalue weighted by molar-refractivity contribution is -0.236. The fourth-order valence-corrected chi connectivity index (χ4v) is 1.76. The molecule has 102 valence electrons. The first-order chi connectivity index (χ1) is 9.59. The van der Waals surface area contributed by atoms with Crippen LogP contribution in [-0.2, 0) is 19.4 Å². The van der Waals surface area contributed by atoms with E-state index in [-0.39, 0.29) is 5.56 Å². The van der Waals surface area contributed by atoms with Gasteiger partial charge in [-0.3, -0.25) is 4.79 Å². The topological polar surface area (TPSA) is 69.7 Å². The van der Waals surface area contributed by atoms with E-state index < -0.39 is 23.6 Å². The largest absolute Gasteiger partial charge is 0.386 e. The second-order valence-electron chi connectivity index (χ2n) is 4.24. The van der Waals surface area contributed by atoms with Crippen LogP contribution in [0.3, 0.4) is 0 Å². The minimum atomic E-state index is -1.05. The van der Waals surface area contributed by atoms with Crippen LogP contribution in [0.15, 0.2) is 54.1 Å². The van der Waals surface area contributed by atoms with Gasteiger partial charge in [0.05, 0.1) is 5.56 Å². The van der Waals surface area contributed by atoms with Crippen molar-refractivity contribution in [3.05, 3.63) is 59.7 Å². The van der Waals surface area contributed by atoms with Crippen molar-refractivity contribution in [2.45, 2.75) is 6.92 Å². The maximum absolute atomic E-state index is 11.8. The Balaban J connectivity index is 1.96. The maximum Gasteiger partial charge on any atom is 0.386 e. The molecule has 1 atom stereocenters. The summed E-state index contributed by atoms with van der Waals surface area (Å²) in [6.07, 6.45) is 4.46.